The van der Waals surface area contributed by atoms with E-state index < -0.39 is 4.92 Å². The molecule has 0 bridgehead atoms. The first-order chi connectivity index (χ1) is 8.99. The van der Waals surface area contributed by atoms with Crippen LogP contribution in [-0.4, -0.2) is 21.0 Å². The normalized spacial score (nSPS) is 10.2. The summed E-state index contributed by atoms with van der Waals surface area (Å²) in [6, 6.07) is 3.98. The van der Waals surface area contributed by atoms with Crippen molar-refractivity contribution < 1.29 is 9.72 Å². The van der Waals surface area contributed by atoms with Crippen molar-refractivity contribution in [2.45, 2.75) is 6.92 Å². The Hall–Kier alpha value is -2.41. The van der Waals surface area contributed by atoms with Gasteiger partial charge in [-0.1, -0.05) is 11.6 Å². The molecule has 0 aliphatic carbocycles. The second kappa shape index (κ2) is 5.07. The molecule has 0 saturated heterocycles. The number of rotatable bonds is 3. The Labute approximate surface area is 112 Å². The van der Waals surface area contributed by atoms with Crippen molar-refractivity contribution in [2.24, 2.45) is 0 Å². The van der Waals surface area contributed by atoms with E-state index in [1.807, 2.05) is 0 Å². The molecule has 7 nitrogen and oxygen atoms in total. The predicted octanol–water partition coefficient (Wildman–Crippen LogP) is 2.53. The summed E-state index contributed by atoms with van der Waals surface area (Å²) in [5.74, 6) is -0.365. The van der Waals surface area contributed by atoms with Crippen molar-refractivity contribution in [3.8, 4) is 0 Å². The van der Waals surface area contributed by atoms with Crippen LogP contribution >= 0.6 is 11.6 Å². The van der Waals surface area contributed by atoms with Gasteiger partial charge in [-0.2, -0.15) is 5.10 Å². The summed E-state index contributed by atoms with van der Waals surface area (Å²) in [5.41, 5.74) is 1.19. The molecule has 98 valence electrons. The van der Waals surface area contributed by atoms with Gasteiger partial charge in [-0.05, 0) is 19.1 Å². The monoisotopic (exact) mass is 280 g/mol. The lowest BCUT2D eigenvalue weighted by atomic mass is 10.2. The predicted molar refractivity (Wildman–Crippen MR) is 69.4 cm³/mol. The summed E-state index contributed by atoms with van der Waals surface area (Å²) in [5, 5.41) is 19.5. The van der Waals surface area contributed by atoms with Crippen LogP contribution in [0.3, 0.4) is 0 Å². The standard InChI is InChI=1S/C11H9ClN4O3/c1-6-8(5-13-15-6)11(17)14-7-2-3-10(16(18)19)9(12)4-7/h2-5H,1H3,(H,13,15)(H,14,17). The number of aryl methyl sites for hydroxylation is 1. The summed E-state index contributed by atoms with van der Waals surface area (Å²) >= 11 is 5.75. The van der Waals surface area contributed by atoms with Gasteiger partial charge >= 0.3 is 0 Å². The maximum atomic E-state index is 11.9. The van der Waals surface area contributed by atoms with E-state index in [0.717, 1.165) is 0 Å². The number of carbonyl (C=O) groups excluding carboxylic acids is 1. The fourth-order valence-corrected chi connectivity index (χ4v) is 1.76. The van der Waals surface area contributed by atoms with Gasteiger partial charge in [-0.3, -0.25) is 20.0 Å². The molecule has 0 radical (unpaired) electrons. The van der Waals surface area contributed by atoms with E-state index in [9.17, 15) is 14.9 Å². The molecule has 1 aromatic carbocycles. The Morgan fingerprint density at radius 3 is 2.79 bits per heavy atom. The van der Waals surface area contributed by atoms with Gasteiger partial charge < -0.3 is 5.32 Å². The van der Waals surface area contributed by atoms with E-state index in [4.69, 9.17) is 11.6 Å². The van der Waals surface area contributed by atoms with E-state index in [2.05, 4.69) is 15.5 Å². The van der Waals surface area contributed by atoms with Crippen molar-refractivity contribution in [1.29, 1.82) is 0 Å². The van der Waals surface area contributed by atoms with Crippen LogP contribution in [0.1, 0.15) is 16.1 Å². The average molecular weight is 281 g/mol. The number of carbonyl (C=O) groups is 1. The molecule has 0 fully saturated rings. The lowest BCUT2D eigenvalue weighted by Gasteiger charge is -2.05. The summed E-state index contributed by atoms with van der Waals surface area (Å²) < 4.78 is 0. The Morgan fingerprint density at radius 1 is 1.53 bits per heavy atom. The Morgan fingerprint density at radius 2 is 2.26 bits per heavy atom. The molecular formula is C11H9ClN4O3. The van der Waals surface area contributed by atoms with Crippen LogP contribution in [0.25, 0.3) is 0 Å². The highest BCUT2D eigenvalue weighted by Crippen LogP contribution is 2.27. The number of benzene rings is 1. The van der Waals surface area contributed by atoms with Crippen LogP contribution in [0.2, 0.25) is 5.02 Å². The third kappa shape index (κ3) is 2.71. The number of nitrogens with zero attached hydrogens (tertiary/aromatic N) is 2. The number of H-pyrrole nitrogens is 1. The topological polar surface area (TPSA) is 101 Å². The van der Waals surface area contributed by atoms with E-state index in [1.54, 1.807) is 6.92 Å². The molecule has 0 saturated carbocycles. The zero-order chi connectivity index (χ0) is 14.0. The maximum absolute atomic E-state index is 11.9. The number of anilines is 1. The number of aromatic nitrogens is 2. The lowest BCUT2D eigenvalue weighted by Crippen LogP contribution is -2.12. The highest BCUT2D eigenvalue weighted by Gasteiger charge is 2.15. The van der Waals surface area contributed by atoms with Crippen molar-refractivity contribution in [1.82, 2.24) is 10.2 Å². The van der Waals surface area contributed by atoms with Crippen molar-refractivity contribution in [2.75, 3.05) is 5.32 Å². The molecule has 0 unspecified atom stereocenters. The fourth-order valence-electron chi connectivity index (χ4n) is 1.51. The Bertz CT molecular complexity index is 653. The molecule has 0 aliphatic rings. The molecule has 2 aromatic rings. The van der Waals surface area contributed by atoms with Crippen molar-refractivity contribution >= 4 is 28.9 Å². The number of amides is 1. The Kier molecular flexibility index (Phi) is 3.48. The first-order valence-corrected chi connectivity index (χ1v) is 5.62. The molecule has 1 heterocycles. The minimum Gasteiger partial charge on any atom is -0.322 e. The minimum absolute atomic E-state index is 0.0354. The van der Waals surface area contributed by atoms with Crippen LogP contribution in [-0.2, 0) is 0 Å². The second-order valence-corrected chi connectivity index (χ2v) is 4.19. The van der Waals surface area contributed by atoms with E-state index in [-0.39, 0.29) is 16.6 Å². The van der Waals surface area contributed by atoms with Gasteiger partial charge in [0.25, 0.3) is 11.6 Å². The van der Waals surface area contributed by atoms with Gasteiger partial charge in [0.05, 0.1) is 16.7 Å². The summed E-state index contributed by atoms with van der Waals surface area (Å²) in [7, 11) is 0. The van der Waals surface area contributed by atoms with Crippen LogP contribution in [0.5, 0.6) is 0 Å². The second-order valence-electron chi connectivity index (χ2n) is 3.79. The largest absolute Gasteiger partial charge is 0.322 e. The lowest BCUT2D eigenvalue weighted by molar-refractivity contribution is -0.384. The highest BCUT2D eigenvalue weighted by atomic mass is 35.5. The van der Waals surface area contributed by atoms with Gasteiger partial charge in [0.1, 0.15) is 5.02 Å². The number of hydrogen-bond donors (Lipinski definition) is 2. The molecule has 0 spiro atoms. The van der Waals surface area contributed by atoms with Gasteiger partial charge in [0.2, 0.25) is 0 Å². The number of aromatic amines is 1. The smallest absolute Gasteiger partial charge is 0.288 e. The average Bonchev–Trinajstić information content (AvgIpc) is 2.75. The number of nitro groups is 1. The van der Waals surface area contributed by atoms with Gasteiger partial charge in [-0.25, -0.2) is 0 Å². The quantitative estimate of drug-likeness (QED) is 0.666. The van der Waals surface area contributed by atoms with Crippen LogP contribution in [0, 0.1) is 17.0 Å². The zero-order valence-electron chi connectivity index (χ0n) is 9.81. The minimum atomic E-state index is -0.589. The number of halogens is 1. The zero-order valence-corrected chi connectivity index (χ0v) is 10.6. The van der Waals surface area contributed by atoms with E-state index in [1.165, 1.54) is 24.4 Å². The number of nitrogens with one attached hydrogen (secondary N) is 2. The molecular weight excluding hydrogens is 272 g/mol. The van der Waals surface area contributed by atoms with Crippen molar-refractivity contribution in [3.63, 3.8) is 0 Å². The van der Waals surface area contributed by atoms with Crippen LogP contribution in [0.15, 0.2) is 24.4 Å². The fraction of sp³-hybridized carbons (Fsp3) is 0.0909. The van der Waals surface area contributed by atoms with Crippen LogP contribution < -0.4 is 5.32 Å². The maximum Gasteiger partial charge on any atom is 0.288 e. The molecule has 1 amide bonds. The molecule has 0 atom stereocenters. The Balaban J connectivity index is 2.21. The van der Waals surface area contributed by atoms with Crippen LogP contribution in [0.4, 0.5) is 11.4 Å². The number of nitro benzene ring substituents is 1. The third-order valence-electron chi connectivity index (χ3n) is 2.48. The summed E-state index contributed by atoms with van der Waals surface area (Å²) in [4.78, 5) is 21.9. The number of hydrogen-bond acceptors (Lipinski definition) is 4. The summed E-state index contributed by atoms with van der Waals surface area (Å²) in [6.07, 6.45) is 1.40. The van der Waals surface area contributed by atoms with Gasteiger partial charge in [0.15, 0.2) is 0 Å². The van der Waals surface area contributed by atoms with Crippen molar-refractivity contribution in [3.05, 3.63) is 50.8 Å². The highest BCUT2D eigenvalue weighted by molar-refractivity contribution is 6.33. The van der Waals surface area contributed by atoms with E-state index in [0.29, 0.717) is 16.9 Å². The first kappa shape index (κ1) is 13.0. The van der Waals surface area contributed by atoms with Gasteiger partial charge in [-0.15, -0.1) is 0 Å². The van der Waals surface area contributed by atoms with E-state index >= 15 is 0 Å². The van der Waals surface area contributed by atoms with Gasteiger partial charge in [0, 0.05) is 17.4 Å². The molecule has 1 aromatic heterocycles. The molecule has 2 rings (SSSR count). The first-order valence-electron chi connectivity index (χ1n) is 5.24. The molecule has 19 heavy (non-hydrogen) atoms. The molecule has 2 N–H and O–H groups in total. The third-order valence-corrected chi connectivity index (χ3v) is 2.78. The SMILES string of the molecule is Cc1[nH]ncc1C(=O)Nc1ccc([N+](=O)[O-])c(Cl)c1. The molecule has 0 aliphatic heterocycles. The summed E-state index contributed by atoms with van der Waals surface area (Å²) in [6.45, 7) is 1.71. The molecule has 8 heteroatoms.